The Hall–Kier alpha value is -1.42. The van der Waals surface area contributed by atoms with Crippen LogP contribution in [0, 0.1) is 20.8 Å². The fourth-order valence-corrected chi connectivity index (χ4v) is 2.36. The van der Waals surface area contributed by atoms with Gasteiger partial charge in [-0.25, -0.2) is 4.98 Å². The van der Waals surface area contributed by atoms with Crippen molar-refractivity contribution >= 4 is 11.3 Å². The van der Waals surface area contributed by atoms with E-state index in [0.29, 0.717) is 11.4 Å². The van der Waals surface area contributed by atoms with E-state index in [4.69, 9.17) is 0 Å². The smallest absolute Gasteiger partial charge is 0.254 e. The van der Waals surface area contributed by atoms with Gasteiger partial charge in [-0.05, 0) is 32.9 Å². The minimum absolute atomic E-state index is 0.0523. The topological polar surface area (TPSA) is 45.8 Å². The van der Waals surface area contributed by atoms with Crippen LogP contribution in [-0.4, -0.2) is 9.97 Å². The molecule has 0 amide bonds. The first kappa shape index (κ1) is 10.1. The lowest BCUT2D eigenvalue weighted by atomic mass is 10.2. The Morgan fingerprint density at radius 1 is 1.27 bits per heavy atom. The van der Waals surface area contributed by atoms with Gasteiger partial charge in [0.05, 0.1) is 10.6 Å². The summed E-state index contributed by atoms with van der Waals surface area (Å²) in [6, 6.07) is 4.05. The van der Waals surface area contributed by atoms with Gasteiger partial charge in [-0.1, -0.05) is 0 Å². The molecule has 0 unspecified atom stereocenters. The average Bonchev–Trinajstić information content (AvgIpc) is 2.58. The molecule has 0 atom stereocenters. The molecule has 0 aliphatic carbocycles. The first-order chi connectivity index (χ1) is 7.08. The van der Waals surface area contributed by atoms with Gasteiger partial charge in [-0.2, -0.15) is 0 Å². The van der Waals surface area contributed by atoms with Crippen molar-refractivity contribution in [3.8, 4) is 10.6 Å². The van der Waals surface area contributed by atoms with E-state index in [1.165, 1.54) is 4.88 Å². The normalized spacial score (nSPS) is 10.6. The summed E-state index contributed by atoms with van der Waals surface area (Å²) in [5.41, 5.74) is 1.43. The van der Waals surface area contributed by atoms with E-state index in [-0.39, 0.29) is 5.56 Å². The third kappa shape index (κ3) is 1.85. The Morgan fingerprint density at radius 3 is 2.60 bits per heavy atom. The lowest BCUT2D eigenvalue weighted by Gasteiger charge is -2.02. The molecule has 1 N–H and O–H groups in total. The van der Waals surface area contributed by atoms with Gasteiger partial charge in [-0.3, -0.25) is 4.79 Å². The Balaban J connectivity index is 2.67. The molecular formula is C11H12N2OS. The highest BCUT2D eigenvalue weighted by molar-refractivity contribution is 7.15. The Kier molecular flexibility index (Phi) is 2.44. The summed E-state index contributed by atoms with van der Waals surface area (Å²) in [5.74, 6) is 0.659. The monoisotopic (exact) mass is 220 g/mol. The Morgan fingerprint density at radius 2 is 2.00 bits per heavy atom. The number of nitrogens with one attached hydrogen (secondary N) is 1. The van der Waals surface area contributed by atoms with Crippen molar-refractivity contribution in [2.45, 2.75) is 20.8 Å². The predicted molar refractivity (Wildman–Crippen MR) is 62.4 cm³/mol. The molecule has 4 heteroatoms. The Labute approximate surface area is 91.8 Å². The van der Waals surface area contributed by atoms with Crippen molar-refractivity contribution in [1.82, 2.24) is 9.97 Å². The highest BCUT2D eigenvalue weighted by Gasteiger charge is 2.09. The van der Waals surface area contributed by atoms with Crippen LogP contribution in [-0.2, 0) is 0 Å². The number of thiophene rings is 1. The van der Waals surface area contributed by atoms with Gasteiger partial charge in [-0.15, -0.1) is 11.3 Å². The predicted octanol–water partition coefficient (Wildman–Crippen LogP) is 2.42. The zero-order valence-corrected chi connectivity index (χ0v) is 9.73. The minimum atomic E-state index is -0.0523. The van der Waals surface area contributed by atoms with E-state index >= 15 is 0 Å². The molecule has 0 fully saturated rings. The number of aromatic nitrogens is 2. The summed E-state index contributed by atoms with van der Waals surface area (Å²) in [5, 5.41) is 0. The molecule has 2 aromatic heterocycles. The molecule has 0 bridgehead atoms. The summed E-state index contributed by atoms with van der Waals surface area (Å²) in [7, 11) is 0. The summed E-state index contributed by atoms with van der Waals surface area (Å²) in [4.78, 5) is 20.9. The van der Waals surface area contributed by atoms with Crippen molar-refractivity contribution < 1.29 is 0 Å². The quantitative estimate of drug-likeness (QED) is 0.802. The molecule has 0 radical (unpaired) electrons. The Bertz CT molecular complexity index is 554. The average molecular weight is 220 g/mol. The molecule has 0 saturated carbocycles. The number of aromatic amines is 1. The van der Waals surface area contributed by atoms with E-state index in [9.17, 15) is 4.79 Å². The van der Waals surface area contributed by atoms with Gasteiger partial charge >= 0.3 is 0 Å². The highest BCUT2D eigenvalue weighted by atomic mass is 32.1. The molecule has 2 aromatic rings. The van der Waals surface area contributed by atoms with Crippen LogP contribution in [0.4, 0.5) is 0 Å². The molecule has 15 heavy (non-hydrogen) atoms. The summed E-state index contributed by atoms with van der Waals surface area (Å²) in [6.45, 7) is 5.64. The van der Waals surface area contributed by atoms with E-state index in [1.807, 2.05) is 19.1 Å². The molecular weight excluding hydrogens is 208 g/mol. The zero-order chi connectivity index (χ0) is 11.0. The number of nitrogens with zero attached hydrogens (tertiary/aromatic N) is 1. The fraction of sp³-hybridized carbons (Fsp3) is 0.273. The SMILES string of the molecule is Cc1nc(-c2ccc(C)s2)c(C)c(=O)[nH]1. The molecule has 0 saturated heterocycles. The van der Waals surface area contributed by atoms with Crippen LogP contribution in [0.1, 0.15) is 16.3 Å². The second-order valence-corrected chi connectivity index (χ2v) is 4.82. The van der Waals surface area contributed by atoms with E-state index in [1.54, 1.807) is 25.2 Å². The lowest BCUT2D eigenvalue weighted by Crippen LogP contribution is -2.13. The van der Waals surface area contributed by atoms with E-state index < -0.39 is 0 Å². The summed E-state index contributed by atoms with van der Waals surface area (Å²) < 4.78 is 0. The maximum Gasteiger partial charge on any atom is 0.254 e. The van der Waals surface area contributed by atoms with Crippen molar-refractivity contribution in [3.63, 3.8) is 0 Å². The third-order valence-corrected chi connectivity index (χ3v) is 3.25. The summed E-state index contributed by atoms with van der Waals surface area (Å²) in [6.07, 6.45) is 0. The molecule has 3 nitrogen and oxygen atoms in total. The largest absolute Gasteiger partial charge is 0.311 e. The highest BCUT2D eigenvalue weighted by Crippen LogP contribution is 2.26. The number of hydrogen-bond donors (Lipinski definition) is 1. The van der Waals surface area contributed by atoms with Crippen LogP contribution in [0.5, 0.6) is 0 Å². The molecule has 0 aliphatic rings. The van der Waals surface area contributed by atoms with Gasteiger partial charge < -0.3 is 4.98 Å². The lowest BCUT2D eigenvalue weighted by molar-refractivity contribution is 1.00. The van der Waals surface area contributed by atoms with Crippen molar-refractivity contribution in [2.75, 3.05) is 0 Å². The molecule has 0 aliphatic heterocycles. The number of rotatable bonds is 1. The van der Waals surface area contributed by atoms with Crippen molar-refractivity contribution in [3.05, 3.63) is 38.8 Å². The molecule has 2 rings (SSSR count). The standard InChI is InChI=1S/C11H12N2OS/c1-6-4-5-9(15-6)10-7(2)11(14)13-8(3)12-10/h4-5H,1-3H3,(H,12,13,14). The maximum atomic E-state index is 11.5. The van der Waals surface area contributed by atoms with Crippen LogP contribution in [0.15, 0.2) is 16.9 Å². The van der Waals surface area contributed by atoms with Gasteiger partial charge in [0, 0.05) is 10.4 Å². The van der Waals surface area contributed by atoms with Crippen LogP contribution < -0.4 is 5.56 Å². The first-order valence-corrected chi connectivity index (χ1v) is 5.54. The van der Waals surface area contributed by atoms with Gasteiger partial charge in [0.25, 0.3) is 5.56 Å². The van der Waals surface area contributed by atoms with E-state index in [0.717, 1.165) is 10.6 Å². The van der Waals surface area contributed by atoms with Crippen molar-refractivity contribution in [1.29, 1.82) is 0 Å². The number of aryl methyl sites for hydroxylation is 2. The van der Waals surface area contributed by atoms with E-state index in [2.05, 4.69) is 9.97 Å². The van der Waals surface area contributed by atoms with Gasteiger partial charge in [0.2, 0.25) is 0 Å². The molecule has 2 heterocycles. The summed E-state index contributed by atoms with van der Waals surface area (Å²) >= 11 is 1.66. The minimum Gasteiger partial charge on any atom is -0.311 e. The van der Waals surface area contributed by atoms with Crippen LogP contribution >= 0.6 is 11.3 Å². The second-order valence-electron chi connectivity index (χ2n) is 3.54. The first-order valence-electron chi connectivity index (χ1n) is 4.72. The van der Waals surface area contributed by atoms with Crippen molar-refractivity contribution in [2.24, 2.45) is 0 Å². The van der Waals surface area contributed by atoms with Gasteiger partial charge in [0.1, 0.15) is 5.82 Å². The maximum absolute atomic E-state index is 11.5. The number of H-pyrrole nitrogens is 1. The third-order valence-electron chi connectivity index (χ3n) is 2.24. The van der Waals surface area contributed by atoms with Crippen LogP contribution in [0.2, 0.25) is 0 Å². The van der Waals surface area contributed by atoms with Gasteiger partial charge in [0.15, 0.2) is 0 Å². The number of hydrogen-bond acceptors (Lipinski definition) is 3. The van der Waals surface area contributed by atoms with Crippen LogP contribution in [0.3, 0.4) is 0 Å². The van der Waals surface area contributed by atoms with Crippen LogP contribution in [0.25, 0.3) is 10.6 Å². The molecule has 0 spiro atoms. The molecule has 78 valence electrons. The second kappa shape index (κ2) is 3.62. The molecule has 0 aromatic carbocycles. The fourth-order valence-electron chi connectivity index (χ4n) is 1.45. The zero-order valence-electron chi connectivity index (χ0n) is 8.92.